The van der Waals surface area contributed by atoms with Crippen LogP contribution in [0.4, 0.5) is 5.69 Å². The molecule has 2 rings (SSSR count). The van der Waals surface area contributed by atoms with Gasteiger partial charge < -0.3 is 10.0 Å². The van der Waals surface area contributed by atoms with Crippen LogP contribution in [0.2, 0.25) is 0 Å². The van der Waals surface area contributed by atoms with Gasteiger partial charge in [-0.15, -0.1) is 11.3 Å². The van der Waals surface area contributed by atoms with Gasteiger partial charge in [0.15, 0.2) is 0 Å². The summed E-state index contributed by atoms with van der Waals surface area (Å²) in [7, 11) is 2.07. The van der Waals surface area contributed by atoms with E-state index in [4.69, 9.17) is 0 Å². The van der Waals surface area contributed by atoms with E-state index in [2.05, 4.69) is 55.3 Å². The van der Waals surface area contributed by atoms with E-state index in [9.17, 15) is 5.11 Å². The van der Waals surface area contributed by atoms with Crippen LogP contribution in [0.3, 0.4) is 0 Å². The Labute approximate surface area is 134 Å². The maximum atomic E-state index is 9.58. The second kappa shape index (κ2) is 6.39. The fourth-order valence-corrected chi connectivity index (χ4v) is 4.05. The molecule has 0 aliphatic rings. The SMILES string of the molecule is C[C@H](O)c1ccc(N(C)Cc2cc(Br)cs2)c(Br)c1. The molecule has 1 heterocycles. The van der Waals surface area contributed by atoms with Gasteiger partial charge in [-0.2, -0.15) is 0 Å². The lowest BCUT2D eigenvalue weighted by molar-refractivity contribution is 0.199. The van der Waals surface area contributed by atoms with Crippen molar-refractivity contribution < 1.29 is 5.11 Å². The van der Waals surface area contributed by atoms with Gasteiger partial charge in [-0.1, -0.05) is 6.07 Å². The minimum atomic E-state index is -0.441. The molecule has 0 unspecified atom stereocenters. The van der Waals surface area contributed by atoms with E-state index in [1.165, 1.54) is 4.88 Å². The molecule has 102 valence electrons. The number of thiophene rings is 1. The van der Waals surface area contributed by atoms with Gasteiger partial charge in [0.2, 0.25) is 0 Å². The molecule has 0 saturated carbocycles. The number of hydrogen-bond donors (Lipinski definition) is 1. The van der Waals surface area contributed by atoms with Crippen molar-refractivity contribution in [3.63, 3.8) is 0 Å². The Morgan fingerprint density at radius 1 is 1.32 bits per heavy atom. The summed E-state index contributed by atoms with van der Waals surface area (Å²) in [6, 6.07) is 8.11. The normalized spacial score (nSPS) is 12.5. The number of anilines is 1. The van der Waals surface area contributed by atoms with E-state index in [0.29, 0.717) is 0 Å². The third kappa shape index (κ3) is 3.81. The van der Waals surface area contributed by atoms with Crippen molar-refractivity contribution >= 4 is 48.9 Å². The van der Waals surface area contributed by atoms with Gasteiger partial charge in [-0.05, 0) is 62.5 Å². The second-order valence-corrected chi connectivity index (χ2v) is 7.24. The molecule has 2 aromatic rings. The number of halogens is 2. The lowest BCUT2D eigenvalue weighted by Crippen LogP contribution is -2.16. The number of aliphatic hydroxyl groups excluding tert-OH is 1. The molecule has 19 heavy (non-hydrogen) atoms. The number of nitrogens with zero attached hydrogens (tertiary/aromatic N) is 1. The third-order valence-electron chi connectivity index (χ3n) is 2.88. The van der Waals surface area contributed by atoms with E-state index >= 15 is 0 Å². The minimum absolute atomic E-state index is 0.441. The standard InChI is InChI=1S/C14H15Br2NOS/c1-9(18)10-3-4-14(13(16)5-10)17(2)7-12-6-11(15)8-19-12/h3-6,8-9,18H,7H2,1-2H3/t9-/m0/s1. The van der Waals surface area contributed by atoms with Crippen LogP contribution in [-0.4, -0.2) is 12.2 Å². The maximum absolute atomic E-state index is 9.58. The lowest BCUT2D eigenvalue weighted by Gasteiger charge is -2.21. The van der Waals surface area contributed by atoms with Crippen LogP contribution in [0.5, 0.6) is 0 Å². The Morgan fingerprint density at radius 2 is 2.05 bits per heavy atom. The average Bonchev–Trinajstić information content (AvgIpc) is 2.74. The molecule has 0 aliphatic heterocycles. The molecule has 0 saturated heterocycles. The zero-order valence-electron chi connectivity index (χ0n) is 10.7. The molecular weight excluding hydrogens is 390 g/mol. The highest BCUT2D eigenvalue weighted by atomic mass is 79.9. The molecule has 0 amide bonds. The molecule has 0 spiro atoms. The highest BCUT2D eigenvalue weighted by molar-refractivity contribution is 9.10. The fraction of sp³-hybridized carbons (Fsp3) is 0.286. The summed E-state index contributed by atoms with van der Waals surface area (Å²) in [5.41, 5.74) is 2.04. The van der Waals surface area contributed by atoms with Crippen LogP contribution in [0.15, 0.2) is 38.6 Å². The molecule has 2 nitrogen and oxygen atoms in total. The molecule has 1 aromatic carbocycles. The molecule has 1 atom stereocenters. The highest BCUT2D eigenvalue weighted by Gasteiger charge is 2.10. The van der Waals surface area contributed by atoms with Gasteiger partial charge in [0.25, 0.3) is 0 Å². The van der Waals surface area contributed by atoms with Crippen LogP contribution in [-0.2, 0) is 6.54 Å². The summed E-state index contributed by atoms with van der Waals surface area (Å²) in [6.45, 7) is 2.64. The van der Waals surface area contributed by atoms with E-state index in [-0.39, 0.29) is 0 Å². The monoisotopic (exact) mass is 403 g/mol. The summed E-state index contributed by atoms with van der Waals surface area (Å²) < 4.78 is 2.13. The Bertz CT molecular complexity index is 568. The van der Waals surface area contributed by atoms with Crippen molar-refractivity contribution in [2.24, 2.45) is 0 Å². The van der Waals surface area contributed by atoms with Gasteiger partial charge in [-0.25, -0.2) is 0 Å². The number of benzene rings is 1. The van der Waals surface area contributed by atoms with Gasteiger partial charge >= 0.3 is 0 Å². The first-order valence-electron chi connectivity index (χ1n) is 5.89. The van der Waals surface area contributed by atoms with Crippen LogP contribution in [0, 0.1) is 0 Å². The van der Waals surface area contributed by atoms with Crippen molar-refractivity contribution in [3.8, 4) is 0 Å². The molecule has 5 heteroatoms. The lowest BCUT2D eigenvalue weighted by atomic mass is 10.1. The van der Waals surface area contributed by atoms with Crippen molar-refractivity contribution in [3.05, 3.63) is 49.0 Å². The fourth-order valence-electron chi connectivity index (χ4n) is 1.85. The van der Waals surface area contributed by atoms with Gasteiger partial charge in [-0.3, -0.25) is 0 Å². The molecule has 0 bridgehead atoms. The number of aliphatic hydroxyl groups is 1. The Morgan fingerprint density at radius 3 is 2.58 bits per heavy atom. The zero-order chi connectivity index (χ0) is 14.0. The molecular formula is C14H15Br2NOS. The first-order chi connectivity index (χ1) is 8.97. The Kier molecular flexibility index (Phi) is 5.06. The molecule has 1 aromatic heterocycles. The molecule has 0 fully saturated rings. The third-order valence-corrected chi connectivity index (χ3v) is 5.20. The Balaban J connectivity index is 2.17. The summed E-state index contributed by atoms with van der Waals surface area (Å²) in [5, 5.41) is 11.7. The van der Waals surface area contributed by atoms with Crippen molar-refractivity contribution in [2.75, 3.05) is 11.9 Å². The second-order valence-electron chi connectivity index (χ2n) is 4.47. The predicted octanol–water partition coefficient (Wildman–Crippen LogP) is 4.96. The number of hydrogen-bond acceptors (Lipinski definition) is 3. The first kappa shape index (κ1) is 15.0. The average molecular weight is 405 g/mol. The summed E-state index contributed by atoms with van der Waals surface area (Å²) in [6.07, 6.45) is -0.441. The van der Waals surface area contributed by atoms with Crippen molar-refractivity contribution in [1.82, 2.24) is 0 Å². The minimum Gasteiger partial charge on any atom is -0.389 e. The van der Waals surface area contributed by atoms with Gasteiger partial charge in [0.1, 0.15) is 0 Å². The Hall–Kier alpha value is -0.360. The molecule has 0 aliphatic carbocycles. The van der Waals surface area contributed by atoms with E-state index < -0.39 is 6.10 Å². The molecule has 0 radical (unpaired) electrons. The van der Waals surface area contributed by atoms with Crippen molar-refractivity contribution in [1.29, 1.82) is 0 Å². The van der Waals surface area contributed by atoms with Crippen molar-refractivity contribution in [2.45, 2.75) is 19.6 Å². The summed E-state index contributed by atoms with van der Waals surface area (Å²) in [4.78, 5) is 3.50. The topological polar surface area (TPSA) is 23.5 Å². The van der Waals surface area contributed by atoms with Gasteiger partial charge in [0.05, 0.1) is 18.3 Å². The number of rotatable bonds is 4. The maximum Gasteiger partial charge on any atom is 0.0762 e. The largest absolute Gasteiger partial charge is 0.389 e. The van der Waals surface area contributed by atoms with E-state index in [0.717, 1.165) is 26.7 Å². The van der Waals surface area contributed by atoms with Crippen LogP contribution in [0.25, 0.3) is 0 Å². The van der Waals surface area contributed by atoms with Crippen LogP contribution < -0.4 is 4.90 Å². The van der Waals surface area contributed by atoms with E-state index in [1.54, 1.807) is 18.3 Å². The smallest absolute Gasteiger partial charge is 0.0762 e. The summed E-state index contributed by atoms with van der Waals surface area (Å²) in [5.74, 6) is 0. The van der Waals surface area contributed by atoms with E-state index in [1.807, 2.05) is 18.2 Å². The zero-order valence-corrected chi connectivity index (χ0v) is 14.7. The summed E-state index contributed by atoms with van der Waals surface area (Å²) >= 11 is 8.79. The van der Waals surface area contributed by atoms with Gasteiger partial charge in [0, 0.05) is 26.3 Å². The van der Waals surface area contributed by atoms with Crippen LogP contribution in [0.1, 0.15) is 23.5 Å². The molecule has 1 N–H and O–H groups in total. The first-order valence-corrected chi connectivity index (χ1v) is 8.35. The highest BCUT2D eigenvalue weighted by Crippen LogP contribution is 2.30. The van der Waals surface area contributed by atoms with Crippen LogP contribution >= 0.6 is 43.2 Å². The predicted molar refractivity (Wildman–Crippen MR) is 88.9 cm³/mol. The quantitative estimate of drug-likeness (QED) is 0.777.